The topological polar surface area (TPSA) is 47.6 Å². The molecule has 0 fully saturated rings. The van der Waals surface area contributed by atoms with E-state index < -0.39 is 0 Å². The minimum atomic E-state index is -0.101. The molecule has 23 heavy (non-hydrogen) atoms. The summed E-state index contributed by atoms with van der Waals surface area (Å²) in [6.07, 6.45) is 1.86. The highest BCUT2D eigenvalue weighted by Crippen LogP contribution is 2.35. The fraction of sp³-hybridized carbons (Fsp3) is 0.211. The maximum Gasteiger partial charge on any atom is 0.256 e. The van der Waals surface area contributed by atoms with Crippen LogP contribution >= 0.6 is 0 Å². The molecular weight excluding hydrogens is 290 g/mol. The maximum absolute atomic E-state index is 12.3. The number of ether oxygens (including phenoxy) is 2. The van der Waals surface area contributed by atoms with Gasteiger partial charge in [0, 0.05) is 22.4 Å². The number of hydrogen-bond donors (Lipinski definition) is 1. The van der Waals surface area contributed by atoms with Gasteiger partial charge in [0.15, 0.2) is 0 Å². The van der Waals surface area contributed by atoms with Crippen LogP contribution in [-0.2, 0) is 4.79 Å². The second kappa shape index (κ2) is 6.57. The number of fused-ring (bicyclic) bond motifs is 1. The molecule has 1 aliphatic rings. The summed E-state index contributed by atoms with van der Waals surface area (Å²) < 4.78 is 11.2. The van der Waals surface area contributed by atoms with Crippen LogP contribution in [0.2, 0.25) is 0 Å². The Balaban J connectivity index is 2.07. The van der Waals surface area contributed by atoms with Crippen molar-refractivity contribution in [3.8, 4) is 11.5 Å². The van der Waals surface area contributed by atoms with Crippen LogP contribution in [-0.4, -0.2) is 19.1 Å². The molecule has 1 heterocycles. The summed E-state index contributed by atoms with van der Waals surface area (Å²) in [5.74, 6) is 1.39. The first-order valence-electron chi connectivity index (χ1n) is 7.75. The summed E-state index contributed by atoms with van der Waals surface area (Å²) in [4.78, 5) is 12.3. The summed E-state index contributed by atoms with van der Waals surface area (Å²) in [6.45, 7) is 5.03. The highest BCUT2D eigenvalue weighted by Gasteiger charge is 2.23. The molecule has 0 unspecified atom stereocenters. The van der Waals surface area contributed by atoms with E-state index in [0.29, 0.717) is 18.8 Å². The molecule has 3 rings (SSSR count). The van der Waals surface area contributed by atoms with Gasteiger partial charge in [-0.25, -0.2) is 0 Å². The minimum absolute atomic E-state index is 0.101. The average molecular weight is 309 g/mol. The van der Waals surface area contributed by atoms with Gasteiger partial charge in [-0.15, -0.1) is 0 Å². The quantitative estimate of drug-likeness (QED) is 0.850. The SMILES string of the molecule is CCOc1ccc(OCC)c(/C=C2/C(=O)Nc3ccccc32)c1. The van der Waals surface area contributed by atoms with Crippen LogP contribution in [0, 0.1) is 0 Å². The van der Waals surface area contributed by atoms with E-state index in [-0.39, 0.29) is 5.91 Å². The van der Waals surface area contributed by atoms with Crippen molar-refractivity contribution >= 4 is 23.2 Å². The summed E-state index contributed by atoms with van der Waals surface area (Å²) in [5, 5.41) is 2.88. The predicted molar refractivity (Wildman–Crippen MR) is 91.7 cm³/mol. The minimum Gasteiger partial charge on any atom is -0.494 e. The molecule has 0 radical (unpaired) electrons. The molecule has 0 saturated carbocycles. The van der Waals surface area contributed by atoms with E-state index in [2.05, 4.69) is 5.32 Å². The van der Waals surface area contributed by atoms with Crippen molar-refractivity contribution in [3.63, 3.8) is 0 Å². The van der Waals surface area contributed by atoms with Crippen molar-refractivity contribution < 1.29 is 14.3 Å². The number of nitrogens with one attached hydrogen (secondary N) is 1. The highest BCUT2D eigenvalue weighted by molar-refractivity contribution is 6.35. The molecule has 0 aromatic heterocycles. The number of amides is 1. The van der Waals surface area contributed by atoms with Gasteiger partial charge in [-0.3, -0.25) is 4.79 Å². The van der Waals surface area contributed by atoms with Gasteiger partial charge in [0.25, 0.3) is 5.91 Å². The van der Waals surface area contributed by atoms with Crippen LogP contribution in [0.3, 0.4) is 0 Å². The summed E-state index contributed by atoms with van der Waals surface area (Å²) >= 11 is 0. The largest absolute Gasteiger partial charge is 0.494 e. The zero-order valence-corrected chi connectivity index (χ0v) is 13.3. The van der Waals surface area contributed by atoms with E-state index in [9.17, 15) is 4.79 Å². The Labute approximate surface area is 135 Å². The van der Waals surface area contributed by atoms with Crippen LogP contribution in [0.4, 0.5) is 5.69 Å². The van der Waals surface area contributed by atoms with E-state index in [4.69, 9.17) is 9.47 Å². The van der Waals surface area contributed by atoms with Crippen molar-refractivity contribution in [1.82, 2.24) is 0 Å². The molecule has 4 heteroatoms. The molecule has 0 aliphatic carbocycles. The summed E-state index contributed by atoms with van der Waals surface area (Å²) in [5.41, 5.74) is 3.21. The normalized spacial score (nSPS) is 14.5. The van der Waals surface area contributed by atoms with Crippen molar-refractivity contribution in [2.24, 2.45) is 0 Å². The number of para-hydroxylation sites is 1. The Hall–Kier alpha value is -2.75. The van der Waals surface area contributed by atoms with Crippen molar-refractivity contribution in [2.45, 2.75) is 13.8 Å². The molecule has 0 atom stereocenters. The monoisotopic (exact) mass is 309 g/mol. The lowest BCUT2D eigenvalue weighted by atomic mass is 10.0. The van der Waals surface area contributed by atoms with Gasteiger partial charge in [0.05, 0.1) is 13.2 Å². The molecule has 118 valence electrons. The van der Waals surface area contributed by atoms with Gasteiger partial charge in [-0.05, 0) is 44.2 Å². The first-order valence-corrected chi connectivity index (χ1v) is 7.75. The highest BCUT2D eigenvalue weighted by atomic mass is 16.5. The van der Waals surface area contributed by atoms with E-state index in [0.717, 1.165) is 28.3 Å². The lowest BCUT2D eigenvalue weighted by Crippen LogP contribution is -2.04. The van der Waals surface area contributed by atoms with Crippen LogP contribution < -0.4 is 14.8 Å². The molecular formula is C19H19NO3. The summed E-state index contributed by atoms with van der Waals surface area (Å²) in [6, 6.07) is 13.3. The van der Waals surface area contributed by atoms with Gasteiger partial charge in [0.2, 0.25) is 0 Å². The molecule has 1 N–H and O–H groups in total. The zero-order chi connectivity index (χ0) is 16.2. The number of carbonyl (C=O) groups is 1. The molecule has 0 spiro atoms. The molecule has 2 aromatic rings. The Bertz CT molecular complexity index is 765. The van der Waals surface area contributed by atoms with E-state index in [1.54, 1.807) is 0 Å². The average Bonchev–Trinajstić information content (AvgIpc) is 2.86. The number of anilines is 1. The van der Waals surface area contributed by atoms with Crippen LogP contribution in [0.5, 0.6) is 11.5 Å². The van der Waals surface area contributed by atoms with E-state index >= 15 is 0 Å². The third kappa shape index (κ3) is 3.06. The Morgan fingerprint density at radius 2 is 1.83 bits per heavy atom. The number of rotatable bonds is 5. The van der Waals surface area contributed by atoms with Gasteiger partial charge < -0.3 is 14.8 Å². The van der Waals surface area contributed by atoms with Crippen molar-refractivity contribution in [1.29, 1.82) is 0 Å². The first kappa shape index (κ1) is 15.2. The maximum atomic E-state index is 12.3. The van der Waals surface area contributed by atoms with Gasteiger partial charge in [-0.1, -0.05) is 18.2 Å². The number of hydrogen-bond acceptors (Lipinski definition) is 3. The van der Waals surface area contributed by atoms with Gasteiger partial charge >= 0.3 is 0 Å². The van der Waals surface area contributed by atoms with Gasteiger partial charge in [-0.2, -0.15) is 0 Å². The zero-order valence-electron chi connectivity index (χ0n) is 13.3. The van der Waals surface area contributed by atoms with Gasteiger partial charge in [0.1, 0.15) is 11.5 Å². The van der Waals surface area contributed by atoms with Crippen molar-refractivity contribution in [2.75, 3.05) is 18.5 Å². The summed E-state index contributed by atoms with van der Waals surface area (Å²) in [7, 11) is 0. The predicted octanol–water partition coefficient (Wildman–Crippen LogP) is 3.98. The Morgan fingerprint density at radius 3 is 2.61 bits per heavy atom. The molecule has 1 aliphatic heterocycles. The third-order valence-corrected chi connectivity index (χ3v) is 3.60. The Morgan fingerprint density at radius 1 is 1.04 bits per heavy atom. The molecule has 4 nitrogen and oxygen atoms in total. The van der Waals surface area contributed by atoms with E-state index in [1.807, 2.05) is 62.4 Å². The first-order chi connectivity index (χ1) is 11.2. The van der Waals surface area contributed by atoms with Crippen LogP contribution in [0.15, 0.2) is 42.5 Å². The van der Waals surface area contributed by atoms with Crippen LogP contribution in [0.25, 0.3) is 11.6 Å². The van der Waals surface area contributed by atoms with Crippen LogP contribution in [0.1, 0.15) is 25.0 Å². The molecule has 0 saturated heterocycles. The third-order valence-electron chi connectivity index (χ3n) is 3.60. The number of benzene rings is 2. The molecule has 0 bridgehead atoms. The fourth-order valence-corrected chi connectivity index (χ4v) is 2.62. The lowest BCUT2D eigenvalue weighted by molar-refractivity contribution is -0.110. The lowest BCUT2D eigenvalue weighted by Gasteiger charge is -2.10. The van der Waals surface area contributed by atoms with Crippen molar-refractivity contribution in [3.05, 3.63) is 53.6 Å². The smallest absolute Gasteiger partial charge is 0.256 e. The molecule has 2 aromatic carbocycles. The second-order valence-corrected chi connectivity index (χ2v) is 5.12. The molecule has 1 amide bonds. The number of carbonyl (C=O) groups excluding carboxylic acids is 1. The second-order valence-electron chi connectivity index (χ2n) is 5.12. The van der Waals surface area contributed by atoms with E-state index in [1.165, 1.54) is 0 Å². The standard InChI is InChI=1S/C19H19NO3/c1-3-22-14-9-10-18(23-4-2)13(11-14)12-16-15-7-5-6-8-17(15)20-19(16)21/h5-12H,3-4H2,1-2H3,(H,20,21)/b16-12+. The Kier molecular flexibility index (Phi) is 4.33. The fourth-order valence-electron chi connectivity index (χ4n) is 2.62.